The van der Waals surface area contributed by atoms with Crippen molar-refractivity contribution in [3.63, 3.8) is 0 Å². The van der Waals surface area contributed by atoms with Crippen LogP contribution in [-0.2, 0) is 14.3 Å². The van der Waals surface area contributed by atoms with Crippen LogP contribution in [0.15, 0.2) is 29.2 Å². The molecule has 2 heterocycles. The van der Waals surface area contributed by atoms with Gasteiger partial charge >= 0.3 is 6.09 Å². The summed E-state index contributed by atoms with van der Waals surface area (Å²) < 4.78 is 5.40. The molecule has 2 saturated heterocycles. The molecule has 0 aromatic heterocycles. The van der Waals surface area contributed by atoms with Gasteiger partial charge in [0.15, 0.2) is 0 Å². The summed E-state index contributed by atoms with van der Waals surface area (Å²) in [5, 5.41) is 2.49. The number of nitrogens with one attached hydrogen (secondary N) is 1. The lowest BCUT2D eigenvalue weighted by molar-refractivity contribution is -0.124. The minimum Gasteiger partial charge on any atom is -0.444 e. The van der Waals surface area contributed by atoms with E-state index in [-0.39, 0.29) is 42.2 Å². The van der Waals surface area contributed by atoms with E-state index in [1.807, 2.05) is 52.0 Å². The molecule has 1 aromatic carbocycles. The number of benzene rings is 1. The van der Waals surface area contributed by atoms with E-state index < -0.39 is 5.60 Å². The number of hydrogen-bond donors (Lipinski definition) is 1. The zero-order chi connectivity index (χ0) is 24.9. The molecular weight excluding hydrogens is 454 g/mol. The SMILES string of the molecule is Cc1ccc(/C=C2\SC(=O)N(CCNC(=O)CC3CCN(C(=O)OC(C)(C)C)CC3)C2=O)cc1. The number of thioether (sulfide) groups is 1. The Kier molecular flexibility index (Phi) is 8.41. The smallest absolute Gasteiger partial charge is 0.410 e. The lowest BCUT2D eigenvalue weighted by atomic mass is 9.93. The standard InChI is InChI=1S/C25H33N3O5S/c1-17-5-7-18(8-6-17)15-20-22(30)28(24(32)34-20)14-11-26-21(29)16-19-9-12-27(13-10-19)23(31)33-25(2,3)4/h5-8,15,19H,9-14,16H2,1-4H3,(H,26,29)/b20-15-. The highest BCUT2D eigenvalue weighted by atomic mass is 32.2. The fourth-order valence-electron chi connectivity index (χ4n) is 3.79. The van der Waals surface area contributed by atoms with Gasteiger partial charge in [-0.15, -0.1) is 0 Å². The Labute approximate surface area is 205 Å². The first-order chi connectivity index (χ1) is 16.0. The van der Waals surface area contributed by atoms with Crippen LogP contribution in [0.3, 0.4) is 0 Å². The number of nitrogens with zero attached hydrogens (tertiary/aromatic N) is 2. The van der Waals surface area contributed by atoms with Gasteiger partial charge in [-0.05, 0) is 69.9 Å². The minimum atomic E-state index is -0.526. The van der Waals surface area contributed by atoms with Gasteiger partial charge in [0.1, 0.15) is 5.60 Å². The predicted octanol–water partition coefficient (Wildman–Crippen LogP) is 4.18. The van der Waals surface area contributed by atoms with Crippen LogP contribution in [0.1, 0.15) is 51.2 Å². The first kappa shape index (κ1) is 25.8. The van der Waals surface area contributed by atoms with E-state index in [1.54, 1.807) is 11.0 Å². The molecule has 8 nitrogen and oxygen atoms in total. The molecule has 3 rings (SSSR count). The summed E-state index contributed by atoms with van der Waals surface area (Å²) in [6.45, 7) is 8.98. The van der Waals surface area contributed by atoms with Crippen LogP contribution in [0.2, 0.25) is 0 Å². The first-order valence-corrected chi connectivity index (χ1v) is 12.4. The van der Waals surface area contributed by atoms with Crippen LogP contribution < -0.4 is 5.32 Å². The van der Waals surface area contributed by atoms with Gasteiger partial charge in [-0.25, -0.2) is 4.79 Å². The van der Waals surface area contributed by atoms with Gasteiger partial charge in [-0.3, -0.25) is 19.3 Å². The Balaban J connectivity index is 1.40. The first-order valence-electron chi connectivity index (χ1n) is 11.6. The molecule has 184 valence electrons. The Morgan fingerprint density at radius 3 is 2.41 bits per heavy atom. The summed E-state index contributed by atoms with van der Waals surface area (Å²) >= 11 is 0.917. The predicted molar refractivity (Wildman–Crippen MR) is 132 cm³/mol. The zero-order valence-electron chi connectivity index (χ0n) is 20.3. The molecule has 0 atom stereocenters. The van der Waals surface area contributed by atoms with E-state index in [2.05, 4.69) is 5.32 Å². The molecule has 1 N–H and O–H groups in total. The quantitative estimate of drug-likeness (QED) is 0.605. The third-order valence-corrected chi connectivity index (χ3v) is 6.55. The van der Waals surface area contributed by atoms with Crippen LogP contribution in [0.25, 0.3) is 6.08 Å². The number of hydrogen-bond acceptors (Lipinski definition) is 6. The molecule has 34 heavy (non-hydrogen) atoms. The van der Waals surface area contributed by atoms with E-state index in [9.17, 15) is 19.2 Å². The summed E-state index contributed by atoms with van der Waals surface area (Å²) in [6, 6.07) is 7.71. The molecule has 0 radical (unpaired) electrons. The number of carbonyl (C=O) groups is 4. The van der Waals surface area contributed by atoms with E-state index >= 15 is 0 Å². The molecule has 0 spiro atoms. The van der Waals surface area contributed by atoms with E-state index in [4.69, 9.17) is 4.74 Å². The number of piperidine rings is 1. The van der Waals surface area contributed by atoms with Crippen molar-refractivity contribution in [3.8, 4) is 0 Å². The van der Waals surface area contributed by atoms with Gasteiger partial charge < -0.3 is 15.0 Å². The molecule has 2 fully saturated rings. The minimum absolute atomic E-state index is 0.113. The molecule has 2 aliphatic rings. The van der Waals surface area contributed by atoms with Crippen molar-refractivity contribution in [1.82, 2.24) is 15.1 Å². The monoisotopic (exact) mass is 487 g/mol. The van der Waals surface area contributed by atoms with Crippen molar-refractivity contribution in [2.45, 2.75) is 52.6 Å². The molecule has 0 bridgehead atoms. The van der Waals surface area contributed by atoms with E-state index in [1.165, 1.54) is 4.90 Å². The Morgan fingerprint density at radius 2 is 1.79 bits per heavy atom. The van der Waals surface area contributed by atoms with Crippen molar-refractivity contribution >= 4 is 41.0 Å². The lowest BCUT2D eigenvalue weighted by Gasteiger charge is -2.33. The van der Waals surface area contributed by atoms with Gasteiger partial charge in [0.25, 0.3) is 11.1 Å². The fraction of sp³-hybridized carbons (Fsp3) is 0.520. The Morgan fingerprint density at radius 1 is 1.15 bits per heavy atom. The van der Waals surface area contributed by atoms with Crippen LogP contribution in [0.4, 0.5) is 9.59 Å². The van der Waals surface area contributed by atoms with Crippen LogP contribution in [0, 0.1) is 12.8 Å². The molecule has 2 aliphatic heterocycles. The average molecular weight is 488 g/mol. The Bertz CT molecular complexity index is 960. The number of rotatable bonds is 6. The highest BCUT2D eigenvalue weighted by Gasteiger charge is 2.34. The maximum atomic E-state index is 12.6. The summed E-state index contributed by atoms with van der Waals surface area (Å²) in [5.41, 5.74) is 1.46. The van der Waals surface area contributed by atoms with Crippen LogP contribution >= 0.6 is 11.8 Å². The molecule has 1 aromatic rings. The number of amides is 4. The summed E-state index contributed by atoms with van der Waals surface area (Å²) in [4.78, 5) is 52.7. The van der Waals surface area contributed by atoms with E-state index in [0.29, 0.717) is 24.4 Å². The number of imide groups is 1. The second-order valence-corrected chi connectivity index (χ2v) is 10.7. The van der Waals surface area contributed by atoms with Crippen molar-refractivity contribution in [2.24, 2.45) is 5.92 Å². The summed E-state index contributed by atoms with van der Waals surface area (Å²) in [5.74, 6) is -0.259. The molecule has 0 saturated carbocycles. The van der Waals surface area contributed by atoms with Crippen molar-refractivity contribution < 1.29 is 23.9 Å². The number of aryl methyl sites for hydroxylation is 1. The van der Waals surface area contributed by atoms with Crippen LogP contribution in [-0.4, -0.2) is 64.7 Å². The Hall–Kier alpha value is -2.81. The maximum absolute atomic E-state index is 12.6. The number of ether oxygens (including phenoxy) is 1. The summed E-state index contributed by atoms with van der Waals surface area (Å²) in [6.07, 6.45) is 3.23. The van der Waals surface area contributed by atoms with Crippen molar-refractivity contribution in [1.29, 1.82) is 0 Å². The van der Waals surface area contributed by atoms with Gasteiger partial charge in [0.2, 0.25) is 5.91 Å². The molecule has 0 unspecified atom stereocenters. The second-order valence-electron chi connectivity index (χ2n) is 9.71. The maximum Gasteiger partial charge on any atom is 0.410 e. The van der Waals surface area contributed by atoms with Gasteiger partial charge in [-0.2, -0.15) is 0 Å². The molecular formula is C25H33N3O5S. The van der Waals surface area contributed by atoms with Crippen molar-refractivity contribution in [2.75, 3.05) is 26.2 Å². The summed E-state index contributed by atoms with van der Waals surface area (Å²) in [7, 11) is 0. The fourth-order valence-corrected chi connectivity index (χ4v) is 4.66. The zero-order valence-corrected chi connectivity index (χ0v) is 21.1. The normalized spacial score (nSPS) is 18.5. The van der Waals surface area contributed by atoms with Gasteiger partial charge in [0.05, 0.1) is 4.91 Å². The third-order valence-electron chi connectivity index (χ3n) is 5.65. The van der Waals surface area contributed by atoms with Gasteiger partial charge in [-0.1, -0.05) is 29.8 Å². The molecule has 4 amide bonds. The topological polar surface area (TPSA) is 96.0 Å². The van der Waals surface area contributed by atoms with Gasteiger partial charge in [0, 0.05) is 32.6 Å². The third kappa shape index (κ3) is 7.35. The number of carbonyl (C=O) groups excluding carboxylic acids is 4. The highest BCUT2D eigenvalue weighted by Crippen LogP contribution is 2.32. The largest absolute Gasteiger partial charge is 0.444 e. The van der Waals surface area contributed by atoms with Crippen LogP contribution in [0.5, 0.6) is 0 Å². The highest BCUT2D eigenvalue weighted by molar-refractivity contribution is 8.18. The average Bonchev–Trinajstić information content (AvgIpc) is 3.02. The number of likely N-dealkylation sites (tertiary alicyclic amines) is 1. The van der Waals surface area contributed by atoms with Crippen molar-refractivity contribution in [3.05, 3.63) is 40.3 Å². The molecule has 0 aliphatic carbocycles. The molecule has 9 heteroatoms. The second kappa shape index (κ2) is 11.1. The van der Waals surface area contributed by atoms with E-state index in [0.717, 1.165) is 35.7 Å². The lowest BCUT2D eigenvalue weighted by Crippen LogP contribution is -2.42.